The number of esters is 1. The summed E-state index contributed by atoms with van der Waals surface area (Å²) in [5.74, 6) is 0.381. The van der Waals surface area contributed by atoms with Gasteiger partial charge in [0.1, 0.15) is 5.00 Å². The minimum absolute atomic E-state index is 0.278. The summed E-state index contributed by atoms with van der Waals surface area (Å²) in [5, 5.41) is 12.1. The van der Waals surface area contributed by atoms with E-state index in [1.54, 1.807) is 11.3 Å². The summed E-state index contributed by atoms with van der Waals surface area (Å²) in [6.07, 6.45) is 7.27. The minimum Gasteiger partial charge on any atom is -0.462 e. The summed E-state index contributed by atoms with van der Waals surface area (Å²) in [6.45, 7) is 4.97. The summed E-state index contributed by atoms with van der Waals surface area (Å²) >= 11 is 7.15. The van der Waals surface area contributed by atoms with Gasteiger partial charge in [-0.2, -0.15) is 5.10 Å². The van der Waals surface area contributed by atoms with Crippen molar-refractivity contribution in [3.63, 3.8) is 0 Å². The SMILES string of the molecule is CCOC(=O)c1c(NC(=S)Nc2ccn(Cc3ccccc3C)n2)sc2c1CCCCC2. The smallest absolute Gasteiger partial charge is 0.341 e. The van der Waals surface area contributed by atoms with Crippen LogP contribution in [0.3, 0.4) is 0 Å². The highest BCUT2D eigenvalue weighted by Crippen LogP contribution is 2.38. The first-order valence-corrected chi connectivity index (χ1v) is 12.2. The first-order valence-electron chi connectivity index (χ1n) is 11.0. The molecule has 0 saturated carbocycles. The van der Waals surface area contributed by atoms with Crippen LogP contribution in [0.25, 0.3) is 0 Å². The zero-order valence-corrected chi connectivity index (χ0v) is 20.1. The Morgan fingerprint density at radius 1 is 1.19 bits per heavy atom. The summed E-state index contributed by atoms with van der Waals surface area (Å²) in [7, 11) is 0. The van der Waals surface area contributed by atoms with Gasteiger partial charge in [0.15, 0.2) is 10.9 Å². The largest absolute Gasteiger partial charge is 0.462 e. The number of benzene rings is 1. The number of thiocarbonyl (C=S) groups is 1. The van der Waals surface area contributed by atoms with Gasteiger partial charge in [0, 0.05) is 17.1 Å². The van der Waals surface area contributed by atoms with E-state index in [9.17, 15) is 4.79 Å². The Morgan fingerprint density at radius 2 is 2.00 bits per heavy atom. The van der Waals surface area contributed by atoms with Gasteiger partial charge in [-0.15, -0.1) is 11.3 Å². The number of hydrogen-bond donors (Lipinski definition) is 2. The molecule has 1 aliphatic carbocycles. The molecule has 0 saturated heterocycles. The fraction of sp³-hybridized carbons (Fsp3) is 0.375. The Balaban J connectivity index is 1.47. The molecule has 2 aromatic heterocycles. The molecule has 168 valence electrons. The Labute approximate surface area is 198 Å². The molecule has 0 bridgehead atoms. The van der Waals surface area contributed by atoms with Crippen molar-refractivity contribution in [2.45, 2.75) is 52.5 Å². The van der Waals surface area contributed by atoms with Crippen molar-refractivity contribution in [1.29, 1.82) is 0 Å². The predicted molar refractivity (Wildman–Crippen MR) is 134 cm³/mol. The van der Waals surface area contributed by atoms with Crippen molar-refractivity contribution < 1.29 is 9.53 Å². The Kier molecular flexibility index (Phi) is 7.22. The molecule has 0 fully saturated rings. The molecular weight excluding hydrogens is 440 g/mol. The summed E-state index contributed by atoms with van der Waals surface area (Å²) in [4.78, 5) is 14.0. The number of rotatable bonds is 6. The maximum absolute atomic E-state index is 12.7. The second kappa shape index (κ2) is 10.3. The molecule has 8 heteroatoms. The zero-order chi connectivity index (χ0) is 22.5. The average Bonchev–Trinajstić information content (AvgIpc) is 3.26. The van der Waals surface area contributed by atoms with Crippen LogP contribution in [-0.4, -0.2) is 27.5 Å². The van der Waals surface area contributed by atoms with Gasteiger partial charge in [-0.3, -0.25) is 4.68 Å². The van der Waals surface area contributed by atoms with Gasteiger partial charge in [0.05, 0.1) is 18.7 Å². The molecule has 2 N–H and O–H groups in total. The second-order valence-electron chi connectivity index (χ2n) is 7.89. The molecule has 32 heavy (non-hydrogen) atoms. The van der Waals surface area contributed by atoms with E-state index in [2.05, 4.69) is 34.8 Å². The summed E-state index contributed by atoms with van der Waals surface area (Å²) < 4.78 is 7.23. The van der Waals surface area contributed by atoms with Gasteiger partial charge in [0.25, 0.3) is 0 Å². The third-order valence-electron chi connectivity index (χ3n) is 5.60. The van der Waals surface area contributed by atoms with Crippen LogP contribution in [0, 0.1) is 6.92 Å². The first kappa shape index (κ1) is 22.5. The van der Waals surface area contributed by atoms with E-state index in [0.29, 0.717) is 29.6 Å². The van der Waals surface area contributed by atoms with E-state index in [-0.39, 0.29) is 5.97 Å². The van der Waals surface area contributed by atoms with Crippen LogP contribution in [0.2, 0.25) is 0 Å². The van der Waals surface area contributed by atoms with Gasteiger partial charge >= 0.3 is 5.97 Å². The van der Waals surface area contributed by atoms with Crippen molar-refractivity contribution in [2.24, 2.45) is 0 Å². The molecule has 6 nitrogen and oxygen atoms in total. The van der Waals surface area contributed by atoms with E-state index in [1.165, 1.54) is 22.4 Å². The Hall–Kier alpha value is -2.71. The standard InChI is InChI=1S/C24H28N4O2S2/c1-3-30-23(29)21-18-11-5-4-6-12-19(18)32-22(21)26-24(31)25-20-13-14-28(27-20)15-17-10-8-7-9-16(17)2/h7-10,13-14H,3-6,11-12,15H2,1-2H3,(H2,25,26,27,31). The number of fused-ring (bicyclic) bond motifs is 1. The first-order chi connectivity index (χ1) is 15.5. The van der Waals surface area contributed by atoms with E-state index in [1.807, 2.05) is 36.0 Å². The van der Waals surface area contributed by atoms with E-state index >= 15 is 0 Å². The van der Waals surface area contributed by atoms with Crippen molar-refractivity contribution in [3.8, 4) is 0 Å². The molecule has 2 heterocycles. The molecule has 0 amide bonds. The second-order valence-corrected chi connectivity index (χ2v) is 9.41. The van der Waals surface area contributed by atoms with Gasteiger partial charge in [-0.25, -0.2) is 4.79 Å². The van der Waals surface area contributed by atoms with E-state index in [0.717, 1.165) is 36.2 Å². The zero-order valence-electron chi connectivity index (χ0n) is 18.4. The number of anilines is 2. The Bertz CT molecular complexity index is 1120. The van der Waals surface area contributed by atoms with Crippen molar-refractivity contribution in [2.75, 3.05) is 17.2 Å². The maximum Gasteiger partial charge on any atom is 0.341 e. The molecule has 3 aromatic rings. The molecule has 1 aliphatic rings. The molecule has 0 spiro atoms. The molecule has 4 rings (SSSR count). The number of hydrogen-bond acceptors (Lipinski definition) is 5. The van der Waals surface area contributed by atoms with Crippen molar-refractivity contribution in [3.05, 3.63) is 63.7 Å². The van der Waals surface area contributed by atoms with Crippen LogP contribution >= 0.6 is 23.6 Å². The number of ether oxygens (including phenoxy) is 1. The number of nitrogens with zero attached hydrogens (tertiary/aromatic N) is 2. The minimum atomic E-state index is -0.278. The molecular formula is C24H28N4O2S2. The van der Waals surface area contributed by atoms with Gasteiger partial charge in [-0.1, -0.05) is 30.7 Å². The quantitative estimate of drug-likeness (QED) is 0.281. The van der Waals surface area contributed by atoms with Crippen molar-refractivity contribution >= 4 is 45.5 Å². The highest BCUT2D eigenvalue weighted by atomic mass is 32.1. The fourth-order valence-corrected chi connectivity index (χ4v) is 5.53. The average molecular weight is 469 g/mol. The van der Waals surface area contributed by atoms with Crippen LogP contribution in [0.1, 0.15) is 58.1 Å². The molecule has 0 aliphatic heterocycles. The summed E-state index contributed by atoms with van der Waals surface area (Å²) in [6, 6.07) is 10.2. The normalized spacial score (nSPS) is 13.2. The highest BCUT2D eigenvalue weighted by Gasteiger charge is 2.26. The highest BCUT2D eigenvalue weighted by molar-refractivity contribution is 7.80. The lowest BCUT2D eigenvalue weighted by Crippen LogP contribution is -2.21. The molecule has 0 atom stereocenters. The number of thiophene rings is 1. The third-order valence-corrected chi connectivity index (χ3v) is 7.02. The van der Waals surface area contributed by atoms with Crippen LogP contribution in [0.4, 0.5) is 10.8 Å². The maximum atomic E-state index is 12.7. The van der Waals surface area contributed by atoms with Gasteiger partial charge in [-0.05, 0) is 68.4 Å². The topological polar surface area (TPSA) is 68.2 Å². The summed E-state index contributed by atoms with van der Waals surface area (Å²) in [5.41, 5.74) is 4.22. The van der Waals surface area contributed by atoms with E-state index < -0.39 is 0 Å². The lowest BCUT2D eigenvalue weighted by molar-refractivity contribution is 0.0527. The molecule has 1 aromatic carbocycles. The van der Waals surface area contributed by atoms with Crippen molar-refractivity contribution in [1.82, 2.24) is 9.78 Å². The molecule has 0 unspecified atom stereocenters. The van der Waals surface area contributed by atoms with Crippen LogP contribution < -0.4 is 10.6 Å². The Morgan fingerprint density at radius 3 is 2.81 bits per heavy atom. The molecule has 0 radical (unpaired) electrons. The lowest BCUT2D eigenvalue weighted by Gasteiger charge is -2.10. The lowest BCUT2D eigenvalue weighted by atomic mass is 10.1. The van der Waals surface area contributed by atoms with Crippen LogP contribution in [0.15, 0.2) is 36.5 Å². The number of aryl methyl sites for hydroxylation is 2. The number of nitrogens with one attached hydrogen (secondary N) is 2. The third kappa shape index (κ3) is 5.19. The van der Waals surface area contributed by atoms with Gasteiger partial charge in [0.2, 0.25) is 0 Å². The van der Waals surface area contributed by atoms with Crippen LogP contribution in [0.5, 0.6) is 0 Å². The van der Waals surface area contributed by atoms with Crippen LogP contribution in [-0.2, 0) is 24.1 Å². The number of aromatic nitrogens is 2. The monoisotopic (exact) mass is 468 g/mol. The fourth-order valence-electron chi connectivity index (χ4n) is 3.98. The van der Waals surface area contributed by atoms with E-state index in [4.69, 9.17) is 17.0 Å². The number of carbonyl (C=O) groups excluding carboxylic acids is 1. The van der Waals surface area contributed by atoms with Gasteiger partial charge < -0.3 is 15.4 Å². The number of carbonyl (C=O) groups is 1. The predicted octanol–water partition coefficient (Wildman–Crippen LogP) is 5.56.